The van der Waals surface area contributed by atoms with Crippen molar-refractivity contribution in [2.45, 2.75) is 71.4 Å². The highest BCUT2D eigenvalue weighted by molar-refractivity contribution is 4.93. The van der Waals surface area contributed by atoms with E-state index in [0.29, 0.717) is 0 Å². The van der Waals surface area contributed by atoms with Crippen molar-refractivity contribution in [1.82, 2.24) is 5.32 Å². The smallest absolute Gasteiger partial charge is 0.0767 e. The van der Waals surface area contributed by atoms with E-state index in [4.69, 9.17) is 0 Å². The van der Waals surface area contributed by atoms with E-state index >= 15 is 0 Å². The summed E-state index contributed by atoms with van der Waals surface area (Å²) < 4.78 is 0. The topological polar surface area (TPSA) is 32.3 Å². The Morgan fingerprint density at radius 1 is 1.06 bits per heavy atom. The average Bonchev–Trinajstić information content (AvgIpc) is 2.15. The molecule has 0 saturated heterocycles. The largest absolute Gasteiger partial charge is 0.389 e. The van der Waals surface area contributed by atoms with Crippen LogP contribution in [0.25, 0.3) is 0 Å². The lowest BCUT2D eigenvalue weighted by Gasteiger charge is -2.40. The van der Waals surface area contributed by atoms with E-state index in [0.717, 1.165) is 18.4 Å². The third-order valence-corrected chi connectivity index (χ3v) is 4.50. The molecule has 0 atom stereocenters. The Morgan fingerprint density at radius 3 is 2.00 bits per heavy atom. The van der Waals surface area contributed by atoms with Gasteiger partial charge in [0.25, 0.3) is 0 Å². The van der Waals surface area contributed by atoms with Crippen molar-refractivity contribution in [1.29, 1.82) is 0 Å². The molecule has 96 valence electrons. The van der Waals surface area contributed by atoms with E-state index in [9.17, 15) is 5.11 Å². The maximum absolute atomic E-state index is 10.1. The SMILES string of the molecule is CC1CCC(CNC(C)(C)C(C)(C)O)CC1. The van der Waals surface area contributed by atoms with Crippen molar-refractivity contribution in [3.63, 3.8) is 0 Å². The number of aliphatic hydroxyl groups is 1. The molecule has 1 fully saturated rings. The molecule has 0 aromatic carbocycles. The van der Waals surface area contributed by atoms with E-state index in [1.165, 1.54) is 25.7 Å². The van der Waals surface area contributed by atoms with Crippen molar-refractivity contribution < 1.29 is 5.11 Å². The molecule has 0 aliphatic heterocycles. The Morgan fingerprint density at radius 2 is 1.56 bits per heavy atom. The van der Waals surface area contributed by atoms with Gasteiger partial charge in [0, 0.05) is 5.54 Å². The third kappa shape index (κ3) is 3.74. The Balaban J connectivity index is 2.34. The summed E-state index contributed by atoms with van der Waals surface area (Å²) in [5.74, 6) is 1.72. The monoisotopic (exact) mass is 227 g/mol. The van der Waals surface area contributed by atoms with E-state index in [-0.39, 0.29) is 5.54 Å². The molecule has 0 amide bonds. The molecule has 1 rings (SSSR count). The predicted molar refractivity (Wildman–Crippen MR) is 69.5 cm³/mol. The van der Waals surface area contributed by atoms with Gasteiger partial charge in [0.2, 0.25) is 0 Å². The first-order chi connectivity index (χ1) is 7.22. The van der Waals surface area contributed by atoms with Gasteiger partial charge >= 0.3 is 0 Å². The second-order valence-corrected chi connectivity index (χ2v) is 6.69. The normalized spacial score (nSPS) is 28.1. The summed E-state index contributed by atoms with van der Waals surface area (Å²) >= 11 is 0. The molecular weight excluding hydrogens is 198 g/mol. The minimum Gasteiger partial charge on any atom is -0.389 e. The van der Waals surface area contributed by atoms with Crippen LogP contribution in [0.5, 0.6) is 0 Å². The molecule has 0 radical (unpaired) electrons. The molecule has 1 aliphatic rings. The molecule has 1 saturated carbocycles. The highest BCUT2D eigenvalue weighted by Crippen LogP contribution is 2.29. The molecule has 0 bridgehead atoms. The van der Waals surface area contributed by atoms with Gasteiger partial charge in [-0.1, -0.05) is 19.8 Å². The predicted octanol–water partition coefficient (Wildman–Crippen LogP) is 2.95. The van der Waals surface area contributed by atoms with Crippen molar-refractivity contribution in [3.8, 4) is 0 Å². The molecule has 0 heterocycles. The summed E-state index contributed by atoms with van der Waals surface area (Å²) in [4.78, 5) is 0. The van der Waals surface area contributed by atoms with Gasteiger partial charge < -0.3 is 10.4 Å². The van der Waals surface area contributed by atoms with Crippen molar-refractivity contribution >= 4 is 0 Å². The van der Waals surface area contributed by atoms with Crippen LogP contribution in [-0.2, 0) is 0 Å². The molecule has 16 heavy (non-hydrogen) atoms. The van der Waals surface area contributed by atoms with Gasteiger partial charge in [0.05, 0.1) is 5.60 Å². The van der Waals surface area contributed by atoms with Crippen LogP contribution in [0.4, 0.5) is 0 Å². The van der Waals surface area contributed by atoms with Gasteiger partial charge in [-0.2, -0.15) is 0 Å². The maximum atomic E-state index is 10.1. The van der Waals surface area contributed by atoms with Gasteiger partial charge in [-0.15, -0.1) is 0 Å². The minimum atomic E-state index is -0.672. The van der Waals surface area contributed by atoms with E-state index in [2.05, 4.69) is 26.1 Å². The van der Waals surface area contributed by atoms with Crippen LogP contribution in [0.2, 0.25) is 0 Å². The summed E-state index contributed by atoms with van der Waals surface area (Å²) in [5.41, 5.74) is -0.884. The van der Waals surface area contributed by atoms with Gasteiger partial charge in [0.15, 0.2) is 0 Å². The molecule has 0 spiro atoms. The summed E-state index contributed by atoms with van der Waals surface area (Å²) in [7, 11) is 0. The zero-order valence-electron chi connectivity index (χ0n) is 11.6. The molecule has 0 aromatic rings. The first-order valence-corrected chi connectivity index (χ1v) is 6.70. The molecule has 2 N–H and O–H groups in total. The number of nitrogens with one attached hydrogen (secondary N) is 1. The molecule has 0 unspecified atom stereocenters. The standard InChI is InChI=1S/C14H29NO/c1-11-6-8-12(9-7-11)10-15-13(2,3)14(4,5)16/h11-12,15-16H,6-10H2,1-5H3. The molecule has 0 aromatic heterocycles. The fourth-order valence-corrected chi connectivity index (χ4v) is 2.15. The first-order valence-electron chi connectivity index (χ1n) is 6.70. The highest BCUT2D eigenvalue weighted by atomic mass is 16.3. The second-order valence-electron chi connectivity index (χ2n) is 6.69. The fraction of sp³-hybridized carbons (Fsp3) is 1.00. The first kappa shape index (κ1) is 14.0. The van der Waals surface area contributed by atoms with E-state index < -0.39 is 5.60 Å². The zero-order chi connectivity index (χ0) is 12.4. The van der Waals surface area contributed by atoms with Crippen LogP contribution in [0.1, 0.15) is 60.3 Å². The van der Waals surface area contributed by atoms with Crippen LogP contribution in [0.3, 0.4) is 0 Å². The number of hydrogen-bond acceptors (Lipinski definition) is 2. The van der Waals surface area contributed by atoms with Gasteiger partial charge in [0.1, 0.15) is 0 Å². The minimum absolute atomic E-state index is 0.212. The van der Waals surface area contributed by atoms with Crippen LogP contribution in [0.15, 0.2) is 0 Å². The summed E-state index contributed by atoms with van der Waals surface area (Å²) in [6, 6.07) is 0. The highest BCUT2D eigenvalue weighted by Gasteiger charge is 2.35. The Kier molecular flexibility index (Phi) is 4.42. The molecular formula is C14H29NO. The van der Waals surface area contributed by atoms with E-state index in [1.54, 1.807) is 0 Å². The second kappa shape index (κ2) is 5.05. The molecule has 2 heteroatoms. The van der Waals surface area contributed by atoms with Gasteiger partial charge in [-0.3, -0.25) is 0 Å². The number of hydrogen-bond donors (Lipinski definition) is 2. The van der Waals surface area contributed by atoms with Crippen LogP contribution in [0, 0.1) is 11.8 Å². The van der Waals surface area contributed by atoms with E-state index in [1.807, 2.05) is 13.8 Å². The van der Waals surface area contributed by atoms with Crippen LogP contribution >= 0.6 is 0 Å². The third-order valence-electron chi connectivity index (χ3n) is 4.50. The van der Waals surface area contributed by atoms with Crippen LogP contribution < -0.4 is 5.32 Å². The Hall–Kier alpha value is -0.0800. The lowest BCUT2D eigenvalue weighted by atomic mass is 9.81. The molecule has 2 nitrogen and oxygen atoms in total. The number of rotatable bonds is 4. The maximum Gasteiger partial charge on any atom is 0.0767 e. The average molecular weight is 227 g/mol. The van der Waals surface area contributed by atoms with Crippen LogP contribution in [-0.4, -0.2) is 22.8 Å². The summed E-state index contributed by atoms with van der Waals surface area (Å²) in [6.07, 6.45) is 5.43. The quantitative estimate of drug-likeness (QED) is 0.774. The van der Waals surface area contributed by atoms with Gasteiger partial charge in [-0.05, 0) is 58.9 Å². The lowest BCUT2D eigenvalue weighted by Crippen LogP contribution is -2.56. The Labute approximate surface area is 101 Å². The molecule has 1 aliphatic carbocycles. The Bertz CT molecular complexity index is 209. The summed E-state index contributed by atoms with van der Waals surface area (Å²) in [5, 5.41) is 13.6. The van der Waals surface area contributed by atoms with Crippen molar-refractivity contribution in [2.24, 2.45) is 11.8 Å². The lowest BCUT2D eigenvalue weighted by molar-refractivity contribution is -0.00697. The van der Waals surface area contributed by atoms with Crippen molar-refractivity contribution in [3.05, 3.63) is 0 Å². The zero-order valence-corrected chi connectivity index (χ0v) is 11.6. The van der Waals surface area contributed by atoms with Crippen molar-refractivity contribution in [2.75, 3.05) is 6.54 Å². The van der Waals surface area contributed by atoms with Gasteiger partial charge in [-0.25, -0.2) is 0 Å². The fourth-order valence-electron chi connectivity index (χ4n) is 2.15. The summed E-state index contributed by atoms with van der Waals surface area (Å²) in [6.45, 7) is 11.3.